The molecule has 2 nitrogen and oxygen atoms in total. The maximum atomic E-state index is 12.9. The second-order valence-electron chi connectivity index (χ2n) is 2.33. The third kappa shape index (κ3) is 2.86. The predicted molar refractivity (Wildman–Crippen MR) is 54.7 cm³/mol. The third-order valence-electron chi connectivity index (χ3n) is 1.42. The lowest BCUT2D eigenvalue weighted by Gasteiger charge is -2.03. The Morgan fingerprint density at radius 1 is 1.38 bits per heavy atom. The average molecular weight is 182 g/mol. The first-order valence-electron chi connectivity index (χ1n) is 4.22. The minimum atomic E-state index is -0.433. The van der Waals surface area contributed by atoms with Crippen LogP contribution in [0.4, 0.5) is 10.1 Å². The highest BCUT2D eigenvalue weighted by atomic mass is 19.1. The van der Waals surface area contributed by atoms with Crippen LogP contribution in [-0.4, -0.2) is 5.71 Å². The molecule has 0 heterocycles. The predicted octanol–water partition coefficient (Wildman–Crippen LogP) is 2.82. The number of benzene rings is 1. The first-order chi connectivity index (χ1) is 6.13. The van der Waals surface area contributed by atoms with Gasteiger partial charge in [0.05, 0.1) is 5.56 Å². The van der Waals surface area contributed by atoms with Gasteiger partial charge in [-0.3, -0.25) is 0 Å². The number of nitrogen functional groups attached to an aromatic ring is 1. The van der Waals surface area contributed by atoms with Gasteiger partial charge < -0.3 is 11.1 Å². The van der Waals surface area contributed by atoms with Crippen molar-refractivity contribution in [2.45, 2.75) is 20.8 Å². The molecule has 1 aromatic rings. The Bertz CT molecular complexity index is 275. The molecule has 1 aromatic carbocycles. The van der Waals surface area contributed by atoms with Gasteiger partial charge in [0.2, 0.25) is 0 Å². The van der Waals surface area contributed by atoms with Gasteiger partial charge in [-0.1, -0.05) is 19.9 Å². The molecule has 0 aliphatic rings. The van der Waals surface area contributed by atoms with Crippen LogP contribution in [0.25, 0.3) is 0 Å². The maximum absolute atomic E-state index is 12.9. The van der Waals surface area contributed by atoms with Crippen LogP contribution < -0.4 is 5.73 Å². The molecule has 0 aliphatic carbocycles. The Balaban J connectivity index is 0.000000671. The fourth-order valence-electron chi connectivity index (χ4n) is 0.936. The van der Waals surface area contributed by atoms with Crippen molar-refractivity contribution < 1.29 is 4.39 Å². The van der Waals surface area contributed by atoms with Crippen LogP contribution in [0.2, 0.25) is 0 Å². The van der Waals surface area contributed by atoms with Crippen molar-refractivity contribution in [3.63, 3.8) is 0 Å². The summed E-state index contributed by atoms with van der Waals surface area (Å²) >= 11 is 0. The Kier molecular flexibility index (Phi) is 4.74. The Labute approximate surface area is 78.1 Å². The molecule has 0 aromatic heterocycles. The molecule has 0 unspecified atom stereocenters. The van der Waals surface area contributed by atoms with Crippen molar-refractivity contribution >= 4 is 11.4 Å². The number of hydrogen-bond donors (Lipinski definition) is 2. The molecule has 3 heteroatoms. The second kappa shape index (κ2) is 5.30. The van der Waals surface area contributed by atoms with Crippen LogP contribution in [-0.2, 0) is 0 Å². The Morgan fingerprint density at radius 2 is 1.92 bits per heavy atom. The quantitative estimate of drug-likeness (QED) is 0.509. The molecule has 0 atom stereocenters. The largest absolute Gasteiger partial charge is 0.398 e. The van der Waals surface area contributed by atoms with Gasteiger partial charge in [-0.05, 0) is 19.1 Å². The summed E-state index contributed by atoms with van der Waals surface area (Å²) in [6.07, 6.45) is 0. The fourth-order valence-corrected chi connectivity index (χ4v) is 0.936. The van der Waals surface area contributed by atoms with Gasteiger partial charge in [0.1, 0.15) is 5.82 Å². The number of anilines is 1. The maximum Gasteiger partial charge on any atom is 0.134 e. The summed E-state index contributed by atoms with van der Waals surface area (Å²) < 4.78 is 12.9. The molecule has 0 radical (unpaired) electrons. The van der Waals surface area contributed by atoms with Gasteiger partial charge in [-0.25, -0.2) is 4.39 Å². The summed E-state index contributed by atoms with van der Waals surface area (Å²) in [6, 6.07) is 4.40. The van der Waals surface area contributed by atoms with E-state index in [0.717, 1.165) is 0 Å². The highest BCUT2D eigenvalue weighted by Crippen LogP contribution is 2.15. The molecule has 3 N–H and O–H groups in total. The molecule has 72 valence electrons. The molecule has 0 aliphatic heterocycles. The monoisotopic (exact) mass is 182 g/mol. The van der Waals surface area contributed by atoms with Crippen molar-refractivity contribution in [3.05, 3.63) is 29.6 Å². The topological polar surface area (TPSA) is 49.9 Å². The molecular formula is C10H15FN2. The molecule has 0 saturated heterocycles. The molecule has 0 amide bonds. The number of nitrogens with two attached hydrogens (primary N) is 1. The lowest BCUT2D eigenvalue weighted by molar-refractivity contribution is 0.626. The van der Waals surface area contributed by atoms with E-state index in [1.807, 2.05) is 13.8 Å². The number of halogens is 1. The highest BCUT2D eigenvalue weighted by Gasteiger charge is 2.06. The Hall–Kier alpha value is -1.38. The number of nitrogens with one attached hydrogen (secondary N) is 1. The van der Waals surface area contributed by atoms with Gasteiger partial charge in [-0.2, -0.15) is 0 Å². The molecule has 0 fully saturated rings. The van der Waals surface area contributed by atoms with E-state index >= 15 is 0 Å². The zero-order valence-electron chi connectivity index (χ0n) is 8.19. The van der Waals surface area contributed by atoms with E-state index in [1.165, 1.54) is 19.1 Å². The van der Waals surface area contributed by atoms with Crippen molar-refractivity contribution in [1.29, 1.82) is 5.41 Å². The molecule has 0 bridgehead atoms. The molecule has 1 rings (SSSR count). The summed E-state index contributed by atoms with van der Waals surface area (Å²) in [5.74, 6) is -0.433. The molecule has 0 spiro atoms. The lowest BCUT2D eigenvalue weighted by Crippen LogP contribution is -2.02. The van der Waals surface area contributed by atoms with E-state index in [0.29, 0.717) is 5.69 Å². The molecule has 13 heavy (non-hydrogen) atoms. The smallest absolute Gasteiger partial charge is 0.134 e. The lowest BCUT2D eigenvalue weighted by atomic mass is 10.1. The zero-order valence-corrected chi connectivity index (χ0v) is 8.19. The van der Waals surface area contributed by atoms with Crippen molar-refractivity contribution in [2.75, 3.05) is 5.73 Å². The van der Waals surface area contributed by atoms with Crippen LogP contribution in [0.5, 0.6) is 0 Å². The van der Waals surface area contributed by atoms with Crippen LogP contribution in [0.15, 0.2) is 18.2 Å². The minimum Gasteiger partial charge on any atom is -0.398 e. The summed E-state index contributed by atoms with van der Waals surface area (Å²) in [5.41, 5.74) is 6.11. The van der Waals surface area contributed by atoms with Crippen LogP contribution in [0.3, 0.4) is 0 Å². The minimum absolute atomic E-state index is 0.153. The van der Waals surface area contributed by atoms with Gasteiger partial charge in [0.25, 0.3) is 0 Å². The fraction of sp³-hybridized carbons (Fsp3) is 0.300. The van der Waals surface area contributed by atoms with Crippen LogP contribution in [0.1, 0.15) is 26.3 Å². The van der Waals surface area contributed by atoms with E-state index in [1.54, 1.807) is 6.07 Å². The van der Waals surface area contributed by atoms with Crippen molar-refractivity contribution in [1.82, 2.24) is 0 Å². The first-order valence-corrected chi connectivity index (χ1v) is 4.22. The first kappa shape index (κ1) is 11.6. The second-order valence-corrected chi connectivity index (χ2v) is 2.33. The van der Waals surface area contributed by atoms with Gasteiger partial charge >= 0.3 is 0 Å². The van der Waals surface area contributed by atoms with Crippen molar-refractivity contribution in [3.8, 4) is 0 Å². The number of hydrogen-bond acceptors (Lipinski definition) is 2. The summed E-state index contributed by atoms with van der Waals surface area (Å²) in [5, 5.41) is 7.20. The van der Waals surface area contributed by atoms with Crippen LogP contribution in [0, 0.1) is 11.2 Å². The SMILES string of the molecule is CC.CC(=N)c1c(N)cccc1F. The van der Waals surface area contributed by atoms with Gasteiger partial charge in [0, 0.05) is 11.4 Å². The summed E-state index contributed by atoms with van der Waals surface area (Å²) in [4.78, 5) is 0. The summed E-state index contributed by atoms with van der Waals surface area (Å²) in [6.45, 7) is 5.51. The summed E-state index contributed by atoms with van der Waals surface area (Å²) in [7, 11) is 0. The molecular weight excluding hydrogens is 167 g/mol. The van der Waals surface area contributed by atoms with E-state index < -0.39 is 5.82 Å². The van der Waals surface area contributed by atoms with Gasteiger partial charge in [0.15, 0.2) is 0 Å². The highest BCUT2D eigenvalue weighted by molar-refractivity contribution is 6.01. The normalized spacial score (nSPS) is 8.62. The van der Waals surface area contributed by atoms with E-state index in [9.17, 15) is 4.39 Å². The van der Waals surface area contributed by atoms with E-state index in [2.05, 4.69) is 0 Å². The van der Waals surface area contributed by atoms with Crippen LogP contribution >= 0.6 is 0 Å². The van der Waals surface area contributed by atoms with Gasteiger partial charge in [-0.15, -0.1) is 0 Å². The molecule has 0 saturated carbocycles. The van der Waals surface area contributed by atoms with Crippen molar-refractivity contribution in [2.24, 2.45) is 0 Å². The number of rotatable bonds is 1. The standard InChI is InChI=1S/C8H9FN2.C2H6/c1-5(10)8-6(9)3-2-4-7(8)11;1-2/h2-4,10H,11H2,1H3;1-2H3. The zero-order chi connectivity index (χ0) is 10.4. The van der Waals surface area contributed by atoms with E-state index in [-0.39, 0.29) is 11.3 Å². The Morgan fingerprint density at radius 3 is 2.23 bits per heavy atom. The average Bonchev–Trinajstić information content (AvgIpc) is 2.07. The van der Waals surface area contributed by atoms with E-state index in [4.69, 9.17) is 11.1 Å². The third-order valence-corrected chi connectivity index (χ3v) is 1.42.